The summed E-state index contributed by atoms with van der Waals surface area (Å²) in [5, 5.41) is -0.00109. The first-order chi connectivity index (χ1) is 14.8. The molecule has 5 heteroatoms. The zero-order chi connectivity index (χ0) is 21.8. The van der Waals surface area contributed by atoms with Crippen LogP contribution in [0.3, 0.4) is 0 Å². The van der Waals surface area contributed by atoms with Crippen LogP contribution in [0.4, 0.5) is 17.6 Å². The molecule has 0 N–H and O–H groups in total. The molecule has 0 nitrogen and oxygen atoms in total. The van der Waals surface area contributed by atoms with Crippen molar-refractivity contribution >= 4 is 11.6 Å². The number of fused-ring (bicyclic) bond motifs is 2. The van der Waals surface area contributed by atoms with Crippen molar-refractivity contribution in [1.82, 2.24) is 0 Å². The molecule has 0 aromatic heterocycles. The molecule has 4 aromatic rings. The molecule has 1 aliphatic carbocycles. The lowest BCUT2D eigenvalue weighted by Gasteiger charge is -2.34. The van der Waals surface area contributed by atoms with E-state index in [0.29, 0.717) is 5.56 Å². The molecule has 154 valence electrons. The average molecular weight is 439 g/mol. The van der Waals surface area contributed by atoms with Crippen LogP contribution in [-0.4, -0.2) is 0 Å². The maximum Gasteiger partial charge on any atom is 0.299 e. The Morgan fingerprint density at radius 2 is 1.00 bits per heavy atom. The molecule has 1 aliphatic rings. The lowest BCUT2D eigenvalue weighted by atomic mass is 9.79. The Morgan fingerprint density at radius 1 is 0.484 bits per heavy atom. The van der Waals surface area contributed by atoms with Gasteiger partial charge in [-0.15, -0.1) is 0 Å². The molecule has 0 aliphatic heterocycles. The SMILES string of the molecule is FC1(F)c2ccccc2C(F)(F)c2cc(-c3cccc(-c4ccccc4)c3)c(Cl)cc21. The van der Waals surface area contributed by atoms with Gasteiger partial charge >= 0.3 is 0 Å². The van der Waals surface area contributed by atoms with Crippen LogP contribution >= 0.6 is 11.6 Å². The summed E-state index contributed by atoms with van der Waals surface area (Å²) in [5.41, 5.74) is -0.176. The van der Waals surface area contributed by atoms with Crippen LogP contribution in [0, 0.1) is 0 Å². The number of alkyl halides is 4. The summed E-state index contributed by atoms with van der Waals surface area (Å²) >= 11 is 6.36. The van der Waals surface area contributed by atoms with Gasteiger partial charge in [-0.3, -0.25) is 0 Å². The second kappa shape index (κ2) is 6.96. The normalized spacial score (nSPS) is 15.8. The van der Waals surface area contributed by atoms with Crippen molar-refractivity contribution < 1.29 is 17.6 Å². The van der Waals surface area contributed by atoms with Crippen molar-refractivity contribution in [2.75, 3.05) is 0 Å². The van der Waals surface area contributed by atoms with Crippen LogP contribution in [0.25, 0.3) is 22.3 Å². The van der Waals surface area contributed by atoms with Gasteiger partial charge < -0.3 is 0 Å². The summed E-state index contributed by atoms with van der Waals surface area (Å²) in [7, 11) is 0. The number of rotatable bonds is 2. The van der Waals surface area contributed by atoms with E-state index in [9.17, 15) is 0 Å². The first-order valence-electron chi connectivity index (χ1n) is 9.66. The fourth-order valence-electron chi connectivity index (χ4n) is 4.13. The van der Waals surface area contributed by atoms with Gasteiger partial charge in [0.15, 0.2) is 0 Å². The number of benzene rings is 4. The first-order valence-corrected chi connectivity index (χ1v) is 10.0. The molecule has 0 amide bonds. The number of hydrogen-bond acceptors (Lipinski definition) is 0. The summed E-state index contributed by atoms with van der Waals surface area (Å²) in [5.74, 6) is -7.13. The van der Waals surface area contributed by atoms with Gasteiger partial charge in [0.2, 0.25) is 0 Å². The molecule has 31 heavy (non-hydrogen) atoms. The molecule has 5 rings (SSSR count). The Bertz CT molecular complexity index is 1300. The Kier molecular flexibility index (Phi) is 4.45. The highest BCUT2D eigenvalue weighted by molar-refractivity contribution is 6.33. The smallest absolute Gasteiger partial charge is 0.196 e. The van der Waals surface area contributed by atoms with Crippen LogP contribution in [0.15, 0.2) is 91.0 Å². The Morgan fingerprint density at radius 3 is 1.65 bits per heavy atom. The van der Waals surface area contributed by atoms with Gasteiger partial charge in [-0.05, 0) is 34.9 Å². The average Bonchev–Trinajstić information content (AvgIpc) is 2.78. The van der Waals surface area contributed by atoms with E-state index < -0.39 is 34.1 Å². The number of halogens is 5. The van der Waals surface area contributed by atoms with Crippen molar-refractivity contribution in [1.29, 1.82) is 0 Å². The zero-order valence-electron chi connectivity index (χ0n) is 16.1. The summed E-state index contributed by atoms with van der Waals surface area (Å²) in [6.07, 6.45) is 0. The maximum atomic E-state index is 15.3. The molecule has 0 bridgehead atoms. The summed E-state index contributed by atoms with van der Waals surface area (Å²) in [6.45, 7) is 0. The van der Waals surface area contributed by atoms with Gasteiger partial charge in [0.25, 0.3) is 11.8 Å². The molecular weight excluding hydrogens is 424 g/mol. The van der Waals surface area contributed by atoms with E-state index in [1.165, 1.54) is 12.1 Å². The summed E-state index contributed by atoms with van der Waals surface area (Å²) in [4.78, 5) is 0. The second-order valence-corrected chi connectivity index (χ2v) is 7.93. The van der Waals surface area contributed by atoms with Gasteiger partial charge in [0.05, 0.1) is 0 Å². The van der Waals surface area contributed by atoms with Crippen LogP contribution in [-0.2, 0) is 11.8 Å². The Balaban J connectivity index is 1.71. The molecule has 0 atom stereocenters. The third-order valence-corrected chi connectivity index (χ3v) is 5.98. The third kappa shape index (κ3) is 3.05. The molecule has 0 radical (unpaired) electrons. The largest absolute Gasteiger partial charge is 0.299 e. The minimum Gasteiger partial charge on any atom is -0.196 e. The second-order valence-electron chi connectivity index (χ2n) is 7.52. The predicted octanol–water partition coefficient (Wildman–Crippen LogP) is 8.27. The van der Waals surface area contributed by atoms with Crippen LogP contribution < -0.4 is 0 Å². The van der Waals surface area contributed by atoms with E-state index in [1.54, 1.807) is 12.1 Å². The fourth-order valence-corrected chi connectivity index (χ4v) is 4.40. The topological polar surface area (TPSA) is 0 Å². The zero-order valence-corrected chi connectivity index (χ0v) is 16.8. The van der Waals surface area contributed by atoms with Crippen LogP contribution in [0.1, 0.15) is 22.3 Å². The van der Waals surface area contributed by atoms with Gasteiger partial charge in [0, 0.05) is 32.8 Å². The van der Waals surface area contributed by atoms with Gasteiger partial charge in [0.1, 0.15) is 0 Å². The summed E-state index contributed by atoms with van der Waals surface area (Å²) in [6, 6.07) is 23.6. The highest BCUT2D eigenvalue weighted by Gasteiger charge is 2.53. The molecule has 4 aromatic carbocycles. The maximum absolute atomic E-state index is 15.3. The quantitative estimate of drug-likeness (QED) is 0.276. The van der Waals surface area contributed by atoms with E-state index in [2.05, 4.69) is 0 Å². The third-order valence-electron chi connectivity index (χ3n) is 5.67. The molecule has 0 heterocycles. The predicted molar refractivity (Wildman–Crippen MR) is 115 cm³/mol. The van der Waals surface area contributed by atoms with Gasteiger partial charge in [-0.2, -0.15) is 17.6 Å². The van der Waals surface area contributed by atoms with Crippen molar-refractivity contribution in [3.63, 3.8) is 0 Å². The Labute approximate surface area is 181 Å². The molecule has 0 saturated carbocycles. The highest BCUT2D eigenvalue weighted by Crippen LogP contribution is 2.54. The van der Waals surface area contributed by atoms with E-state index in [-0.39, 0.29) is 10.6 Å². The van der Waals surface area contributed by atoms with Crippen molar-refractivity contribution in [2.24, 2.45) is 0 Å². The van der Waals surface area contributed by atoms with E-state index in [4.69, 9.17) is 11.6 Å². The van der Waals surface area contributed by atoms with Crippen molar-refractivity contribution in [3.05, 3.63) is 118 Å². The lowest BCUT2D eigenvalue weighted by Crippen LogP contribution is -2.33. The molecule has 0 fully saturated rings. The molecule has 0 saturated heterocycles. The minimum atomic E-state index is -3.57. The molecular formula is C26H15ClF4. The monoisotopic (exact) mass is 438 g/mol. The minimum absolute atomic E-state index is 0.00109. The number of hydrogen-bond donors (Lipinski definition) is 0. The van der Waals surface area contributed by atoms with Crippen molar-refractivity contribution in [2.45, 2.75) is 11.8 Å². The summed E-state index contributed by atoms with van der Waals surface area (Å²) < 4.78 is 60.9. The van der Waals surface area contributed by atoms with Crippen LogP contribution in [0.5, 0.6) is 0 Å². The van der Waals surface area contributed by atoms with Crippen molar-refractivity contribution in [3.8, 4) is 22.3 Å². The van der Waals surface area contributed by atoms with Gasteiger partial charge in [-0.1, -0.05) is 84.4 Å². The first kappa shape index (κ1) is 19.8. The standard InChI is InChI=1S/C26H15ClF4/c27-24-15-23-22(25(28,29)20-11-4-5-12-21(20)26(23,30)31)14-19(24)18-10-6-9-17(13-18)16-7-2-1-3-8-16/h1-15H. The fraction of sp³-hybridized carbons (Fsp3) is 0.0769. The lowest BCUT2D eigenvalue weighted by molar-refractivity contribution is -0.0114. The van der Waals surface area contributed by atoms with Crippen LogP contribution in [0.2, 0.25) is 5.02 Å². The molecule has 0 unspecified atom stereocenters. The molecule has 0 spiro atoms. The Hall–Kier alpha value is -3.11. The van der Waals surface area contributed by atoms with E-state index >= 15 is 17.6 Å². The van der Waals surface area contributed by atoms with Gasteiger partial charge in [-0.25, -0.2) is 0 Å². The van der Waals surface area contributed by atoms with E-state index in [1.807, 2.05) is 42.5 Å². The van der Waals surface area contributed by atoms with E-state index in [0.717, 1.165) is 35.4 Å². The highest BCUT2D eigenvalue weighted by atomic mass is 35.5.